The van der Waals surface area contributed by atoms with Crippen LogP contribution in [0.3, 0.4) is 0 Å². The Kier molecular flexibility index (Phi) is 6.21. The van der Waals surface area contributed by atoms with Crippen LogP contribution in [0.1, 0.15) is 27.2 Å². The van der Waals surface area contributed by atoms with Gasteiger partial charge in [-0.1, -0.05) is 36.5 Å². The summed E-state index contributed by atoms with van der Waals surface area (Å²) in [5.41, 5.74) is 3.95. The number of benzene rings is 1. The van der Waals surface area contributed by atoms with Crippen LogP contribution in [0, 0.1) is 12.7 Å². The molecule has 2 heterocycles. The predicted molar refractivity (Wildman–Crippen MR) is 107 cm³/mol. The number of nitrogens with zero attached hydrogens (tertiary/aromatic N) is 3. The van der Waals surface area contributed by atoms with Crippen LogP contribution in [0.2, 0.25) is 5.15 Å². The van der Waals surface area contributed by atoms with E-state index in [1.165, 1.54) is 6.07 Å². The number of thiol groups is 1. The van der Waals surface area contributed by atoms with E-state index >= 15 is 0 Å². The molecule has 0 saturated heterocycles. The second kappa shape index (κ2) is 8.61. The van der Waals surface area contributed by atoms with E-state index in [0.717, 1.165) is 23.0 Å². The highest BCUT2D eigenvalue weighted by molar-refractivity contribution is 7.77. The maximum absolute atomic E-state index is 14.6. The first-order valence-corrected chi connectivity index (χ1v) is 8.99. The van der Waals surface area contributed by atoms with Crippen LogP contribution >= 0.6 is 24.4 Å². The number of aldehydes is 1. The molecular formula is C20H17ClFN3OS. The molecule has 3 rings (SSSR count). The van der Waals surface area contributed by atoms with Crippen molar-refractivity contribution in [1.82, 2.24) is 14.3 Å². The van der Waals surface area contributed by atoms with Crippen molar-refractivity contribution in [3.8, 4) is 11.1 Å². The van der Waals surface area contributed by atoms with Gasteiger partial charge in [-0.3, -0.25) is 9.78 Å². The zero-order chi connectivity index (χ0) is 19.4. The zero-order valence-corrected chi connectivity index (χ0v) is 16.2. The van der Waals surface area contributed by atoms with Crippen molar-refractivity contribution in [1.29, 1.82) is 0 Å². The monoisotopic (exact) mass is 401 g/mol. The Balaban J connectivity index is 1.75. The summed E-state index contributed by atoms with van der Waals surface area (Å²) in [6.07, 6.45) is 3.99. The third kappa shape index (κ3) is 4.71. The molecule has 0 aliphatic rings. The number of halogens is 2. The van der Waals surface area contributed by atoms with Crippen molar-refractivity contribution in [3.05, 3.63) is 82.1 Å². The first kappa shape index (κ1) is 19.5. The number of rotatable bonds is 6. The molecule has 138 valence electrons. The number of aromatic nitrogens is 2. The van der Waals surface area contributed by atoms with Crippen LogP contribution in [0.15, 0.2) is 48.8 Å². The topological polar surface area (TPSA) is 46.1 Å². The molecule has 4 nitrogen and oxygen atoms in total. The van der Waals surface area contributed by atoms with Gasteiger partial charge in [-0.05, 0) is 42.3 Å². The lowest BCUT2D eigenvalue weighted by Gasteiger charge is -2.16. The average molecular weight is 402 g/mol. The van der Waals surface area contributed by atoms with Gasteiger partial charge in [0, 0.05) is 35.6 Å². The summed E-state index contributed by atoms with van der Waals surface area (Å²) in [5, 5.41) is 0.436. The van der Waals surface area contributed by atoms with Crippen LogP contribution in [0.4, 0.5) is 4.39 Å². The molecule has 3 aromatic rings. The normalized spacial score (nSPS) is 11.0. The summed E-state index contributed by atoms with van der Waals surface area (Å²) in [4.78, 5) is 19.4. The maximum Gasteiger partial charge on any atom is 0.151 e. The fourth-order valence-corrected chi connectivity index (χ4v) is 3.08. The van der Waals surface area contributed by atoms with Gasteiger partial charge in [-0.15, -0.1) is 0 Å². The molecule has 0 bridgehead atoms. The lowest BCUT2D eigenvalue weighted by Crippen LogP contribution is -2.15. The molecule has 0 aliphatic heterocycles. The van der Waals surface area contributed by atoms with Crippen molar-refractivity contribution < 1.29 is 9.18 Å². The molecule has 0 atom stereocenters. The van der Waals surface area contributed by atoms with E-state index in [1.807, 2.05) is 19.1 Å². The molecule has 0 N–H and O–H groups in total. The quantitative estimate of drug-likeness (QED) is 0.362. The molecule has 0 saturated carbocycles. The lowest BCUT2D eigenvalue weighted by molar-refractivity contribution is 0.112. The third-order valence-corrected chi connectivity index (χ3v) is 4.82. The number of carbonyl (C=O) groups excluding carboxylic acids is 1. The molecule has 0 radical (unpaired) electrons. The van der Waals surface area contributed by atoms with Gasteiger partial charge >= 0.3 is 0 Å². The minimum absolute atomic E-state index is 0.266. The van der Waals surface area contributed by atoms with Crippen LogP contribution in [0.5, 0.6) is 0 Å². The van der Waals surface area contributed by atoms with Crippen LogP contribution < -0.4 is 0 Å². The van der Waals surface area contributed by atoms with E-state index < -0.39 is 0 Å². The molecule has 0 amide bonds. The minimum atomic E-state index is -0.337. The Bertz CT molecular complexity index is 983. The minimum Gasteiger partial charge on any atom is -0.298 e. The molecule has 7 heteroatoms. The standard InChI is InChI=1S/C20H17ClFN3OS/c1-13-7-17(9-24-20(13)21)14-4-5-15(18(22)8-14)10-25(27)11-19-16(12-26)3-2-6-23-19/h2-9,12,27H,10-11H2,1H3. The van der Waals surface area contributed by atoms with E-state index in [0.29, 0.717) is 28.5 Å². The highest BCUT2D eigenvalue weighted by Gasteiger charge is 2.12. The molecule has 27 heavy (non-hydrogen) atoms. The summed E-state index contributed by atoms with van der Waals surface area (Å²) in [6, 6.07) is 10.3. The molecule has 0 aliphatic carbocycles. The predicted octanol–water partition coefficient (Wildman–Crippen LogP) is 4.90. The second-order valence-corrected chi connectivity index (χ2v) is 7.04. The van der Waals surface area contributed by atoms with E-state index in [1.54, 1.807) is 34.9 Å². The summed E-state index contributed by atoms with van der Waals surface area (Å²) in [5.74, 6) is -0.337. The summed E-state index contributed by atoms with van der Waals surface area (Å²) in [6.45, 7) is 2.44. The van der Waals surface area contributed by atoms with Gasteiger partial charge < -0.3 is 0 Å². The first-order valence-electron chi connectivity index (χ1n) is 8.21. The van der Waals surface area contributed by atoms with E-state index in [4.69, 9.17) is 11.6 Å². The van der Waals surface area contributed by atoms with E-state index in [9.17, 15) is 9.18 Å². The largest absolute Gasteiger partial charge is 0.298 e. The van der Waals surface area contributed by atoms with Gasteiger partial charge in [0.15, 0.2) is 6.29 Å². The van der Waals surface area contributed by atoms with Crippen LogP contribution in [0.25, 0.3) is 11.1 Å². The fraction of sp³-hybridized carbons (Fsp3) is 0.150. The van der Waals surface area contributed by atoms with Gasteiger partial charge in [-0.2, -0.15) is 0 Å². The maximum atomic E-state index is 14.6. The van der Waals surface area contributed by atoms with Crippen molar-refractivity contribution in [2.45, 2.75) is 20.0 Å². The van der Waals surface area contributed by atoms with Gasteiger partial charge in [0.2, 0.25) is 0 Å². The number of aryl methyl sites for hydroxylation is 1. The SMILES string of the molecule is Cc1cc(-c2ccc(CN(S)Cc3ncccc3C=O)c(F)c2)cnc1Cl. The first-order chi connectivity index (χ1) is 13.0. The van der Waals surface area contributed by atoms with Gasteiger partial charge in [0.25, 0.3) is 0 Å². The molecule has 2 aromatic heterocycles. The second-order valence-electron chi connectivity index (χ2n) is 6.12. The van der Waals surface area contributed by atoms with Crippen molar-refractivity contribution in [2.75, 3.05) is 0 Å². The number of hydrogen-bond acceptors (Lipinski definition) is 5. The fourth-order valence-electron chi connectivity index (χ4n) is 2.69. The summed E-state index contributed by atoms with van der Waals surface area (Å²) < 4.78 is 16.2. The third-order valence-electron chi connectivity index (χ3n) is 4.14. The lowest BCUT2D eigenvalue weighted by atomic mass is 10.0. The average Bonchev–Trinajstić information content (AvgIpc) is 2.66. The van der Waals surface area contributed by atoms with Crippen LogP contribution in [-0.4, -0.2) is 20.6 Å². The van der Waals surface area contributed by atoms with E-state index in [-0.39, 0.29) is 12.4 Å². The highest BCUT2D eigenvalue weighted by atomic mass is 35.5. The van der Waals surface area contributed by atoms with Gasteiger partial charge in [0.05, 0.1) is 12.2 Å². The van der Waals surface area contributed by atoms with E-state index in [2.05, 4.69) is 22.8 Å². The van der Waals surface area contributed by atoms with Gasteiger partial charge in [-0.25, -0.2) is 13.7 Å². The Morgan fingerprint density at radius 3 is 2.70 bits per heavy atom. The Hall–Kier alpha value is -2.28. The van der Waals surface area contributed by atoms with Crippen molar-refractivity contribution >= 4 is 30.7 Å². The Labute approximate surface area is 167 Å². The molecule has 1 aromatic carbocycles. The molecule has 0 fully saturated rings. The van der Waals surface area contributed by atoms with Crippen molar-refractivity contribution in [2.24, 2.45) is 0 Å². The number of hydrogen-bond donors (Lipinski definition) is 1. The van der Waals surface area contributed by atoms with Crippen LogP contribution in [-0.2, 0) is 13.1 Å². The number of pyridine rings is 2. The Morgan fingerprint density at radius 1 is 1.19 bits per heavy atom. The number of carbonyl (C=O) groups is 1. The smallest absolute Gasteiger partial charge is 0.151 e. The zero-order valence-electron chi connectivity index (χ0n) is 14.6. The van der Waals surface area contributed by atoms with Gasteiger partial charge in [0.1, 0.15) is 11.0 Å². The highest BCUT2D eigenvalue weighted by Crippen LogP contribution is 2.25. The molecule has 0 unspecified atom stereocenters. The summed E-state index contributed by atoms with van der Waals surface area (Å²) in [7, 11) is 0. The molecular weight excluding hydrogens is 385 g/mol. The molecule has 0 spiro atoms. The summed E-state index contributed by atoms with van der Waals surface area (Å²) >= 11 is 10.3. The van der Waals surface area contributed by atoms with Crippen molar-refractivity contribution in [3.63, 3.8) is 0 Å². The Morgan fingerprint density at radius 2 is 2.00 bits per heavy atom.